The monoisotopic (exact) mass is 450 g/mol. The third-order valence-electron chi connectivity index (χ3n) is 5.57. The Morgan fingerprint density at radius 1 is 0.806 bits per heavy atom. The van der Waals surface area contributed by atoms with Gasteiger partial charge in [-0.2, -0.15) is 0 Å². The topological polar surface area (TPSA) is 104 Å². The van der Waals surface area contributed by atoms with Crippen LogP contribution in [0.2, 0.25) is 0 Å². The summed E-state index contributed by atoms with van der Waals surface area (Å²) >= 11 is 0. The minimum Gasteiger partial charge on any atom is -0.545 e. The van der Waals surface area contributed by atoms with E-state index >= 15 is 0 Å². The Morgan fingerprint density at radius 2 is 1.16 bits per heavy atom. The molecule has 0 fully saturated rings. The number of ketones is 1. The summed E-state index contributed by atoms with van der Waals surface area (Å²) in [6.45, 7) is 4.40. The van der Waals surface area contributed by atoms with Gasteiger partial charge in [0.25, 0.3) is 0 Å². The molecule has 0 rings (SSSR count). The number of carbonyl (C=O) groups excluding carboxylic acids is 3. The third-order valence-corrected chi connectivity index (χ3v) is 5.57. The zero-order chi connectivity index (χ0) is 22.8. The molecule has 0 amide bonds. The van der Waals surface area contributed by atoms with Crippen molar-refractivity contribution in [1.29, 1.82) is 0 Å². The third kappa shape index (κ3) is 15.9. The number of carboxylic acid groups (broad SMARTS) is 1. The molecular weight excluding hydrogens is 407 g/mol. The van der Waals surface area contributed by atoms with Crippen LogP contribution in [0, 0.1) is 0 Å². The molecule has 0 aromatic carbocycles. The minimum absolute atomic E-state index is 0. The van der Waals surface area contributed by atoms with Crippen molar-refractivity contribution >= 4 is 17.7 Å². The van der Waals surface area contributed by atoms with Gasteiger partial charge in [0, 0.05) is 6.42 Å². The predicted octanol–water partition coefficient (Wildman–Crippen LogP) is 1.25. The van der Waals surface area contributed by atoms with Gasteiger partial charge in [-0.25, -0.2) is 4.79 Å². The number of ether oxygens (including phenoxy) is 1. The summed E-state index contributed by atoms with van der Waals surface area (Å²) in [5.74, 6) is -3.61. The van der Waals surface area contributed by atoms with Crippen LogP contribution in [-0.4, -0.2) is 34.5 Å². The first-order valence-corrected chi connectivity index (χ1v) is 11.9. The molecule has 0 saturated heterocycles. The predicted molar refractivity (Wildman–Crippen MR) is 116 cm³/mol. The Balaban J connectivity index is 0. The van der Waals surface area contributed by atoms with Crippen molar-refractivity contribution in [2.75, 3.05) is 0 Å². The van der Waals surface area contributed by atoms with Crippen molar-refractivity contribution in [2.45, 2.75) is 135 Å². The molecule has 7 heteroatoms. The van der Waals surface area contributed by atoms with Crippen molar-refractivity contribution in [2.24, 2.45) is 0 Å². The van der Waals surface area contributed by atoms with Crippen LogP contribution in [0.5, 0.6) is 0 Å². The molecule has 0 heterocycles. The van der Waals surface area contributed by atoms with Crippen LogP contribution in [0.3, 0.4) is 0 Å². The molecule has 0 bridgehead atoms. The van der Waals surface area contributed by atoms with Crippen molar-refractivity contribution in [3.8, 4) is 0 Å². The van der Waals surface area contributed by atoms with Crippen LogP contribution in [0.4, 0.5) is 0 Å². The fraction of sp³-hybridized carbons (Fsp3) is 0.875. The van der Waals surface area contributed by atoms with Gasteiger partial charge in [0.2, 0.25) is 5.60 Å². The number of aliphatic hydroxyl groups is 1. The first-order chi connectivity index (χ1) is 14.3. The van der Waals surface area contributed by atoms with Gasteiger partial charge >= 0.3 is 35.5 Å². The molecule has 176 valence electrons. The maximum atomic E-state index is 12.2. The summed E-state index contributed by atoms with van der Waals surface area (Å²) in [5, 5.41) is 20.5. The zero-order valence-electron chi connectivity index (χ0n) is 20.4. The molecule has 6 nitrogen and oxygen atoms in total. The number of aliphatic carboxylic acids is 1. The molecule has 0 aromatic heterocycles. The molecule has 2 unspecified atom stereocenters. The number of esters is 1. The van der Waals surface area contributed by atoms with E-state index in [1.807, 2.05) is 0 Å². The van der Waals surface area contributed by atoms with Gasteiger partial charge in [-0.1, -0.05) is 96.8 Å². The van der Waals surface area contributed by atoms with Gasteiger partial charge in [0.1, 0.15) is 6.10 Å². The van der Waals surface area contributed by atoms with Crippen molar-refractivity contribution in [1.82, 2.24) is 0 Å². The molecule has 0 aliphatic heterocycles. The summed E-state index contributed by atoms with van der Waals surface area (Å²) in [7, 11) is 0. The molecule has 1 N–H and O–H groups in total. The second kappa shape index (κ2) is 20.2. The van der Waals surface area contributed by atoms with Crippen molar-refractivity contribution in [3.05, 3.63) is 0 Å². The molecule has 0 saturated carbocycles. The standard InChI is InChI=1S/C24H44O6.Na/c1-4-5-6-7-8-9-10-11-12-13-14-15-16-17-18-19-21(26)24(3,23(28)29)30-22(27)20(2)25;/h20,25H,4-19H2,1-3H3,(H,28,29);/q;+1/p-1. The van der Waals surface area contributed by atoms with E-state index in [0.29, 0.717) is 6.42 Å². The van der Waals surface area contributed by atoms with Crippen LogP contribution in [-0.2, 0) is 19.1 Å². The molecule has 0 radical (unpaired) electrons. The molecule has 0 spiro atoms. The van der Waals surface area contributed by atoms with E-state index in [4.69, 9.17) is 9.84 Å². The SMILES string of the molecule is CCCCCCCCCCCCCCCCCC(=O)C(C)(OC(=O)C(C)O)C(=O)[O-].[Na+]. The molecule has 0 aliphatic carbocycles. The molecule has 31 heavy (non-hydrogen) atoms. The second-order valence-corrected chi connectivity index (χ2v) is 8.54. The van der Waals surface area contributed by atoms with Crippen LogP contribution in [0.25, 0.3) is 0 Å². The summed E-state index contributed by atoms with van der Waals surface area (Å²) in [4.78, 5) is 35.0. The van der Waals surface area contributed by atoms with Gasteiger partial charge in [-0.15, -0.1) is 0 Å². The Bertz CT molecular complexity index is 494. The van der Waals surface area contributed by atoms with Crippen molar-refractivity contribution in [3.63, 3.8) is 0 Å². The fourth-order valence-corrected chi connectivity index (χ4v) is 3.39. The van der Waals surface area contributed by atoms with E-state index < -0.39 is 29.4 Å². The maximum absolute atomic E-state index is 12.2. The normalized spacial score (nSPS) is 13.7. The van der Waals surface area contributed by atoms with Gasteiger partial charge in [-0.3, -0.25) is 4.79 Å². The Labute approximate surface area is 211 Å². The quantitative estimate of drug-likeness (QED) is 0.130. The van der Waals surface area contributed by atoms with Crippen LogP contribution >= 0.6 is 0 Å². The smallest absolute Gasteiger partial charge is 0.545 e. The number of unbranched alkanes of at least 4 members (excludes halogenated alkanes) is 14. The average Bonchev–Trinajstić information content (AvgIpc) is 2.70. The van der Waals surface area contributed by atoms with Crippen LogP contribution in [0.15, 0.2) is 0 Å². The Morgan fingerprint density at radius 3 is 1.48 bits per heavy atom. The zero-order valence-corrected chi connectivity index (χ0v) is 22.4. The average molecular weight is 451 g/mol. The van der Waals surface area contributed by atoms with Gasteiger partial charge in [-0.05, 0) is 20.3 Å². The van der Waals surface area contributed by atoms with Crippen molar-refractivity contribution < 1.29 is 58.9 Å². The van der Waals surface area contributed by atoms with E-state index in [9.17, 15) is 19.5 Å². The molecule has 0 aromatic rings. The summed E-state index contributed by atoms with van der Waals surface area (Å²) < 4.78 is 4.70. The second-order valence-electron chi connectivity index (χ2n) is 8.54. The van der Waals surface area contributed by atoms with E-state index in [0.717, 1.165) is 33.1 Å². The Kier molecular flexibility index (Phi) is 21.3. The fourth-order valence-electron chi connectivity index (χ4n) is 3.39. The van der Waals surface area contributed by atoms with Gasteiger partial charge in [0.15, 0.2) is 5.78 Å². The number of carboxylic acids is 1. The first-order valence-electron chi connectivity index (χ1n) is 11.9. The van der Waals surface area contributed by atoms with E-state index in [2.05, 4.69) is 6.92 Å². The summed E-state index contributed by atoms with van der Waals surface area (Å²) in [6, 6.07) is 0. The van der Waals surface area contributed by atoms with E-state index in [1.54, 1.807) is 0 Å². The maximum Gasteiger partial charge on any atom is 1.00 e. The number of aliphatic hydroxyl groups excluding tert-OH is 1. The number of hydrogen-bond acceptors (Lipinski definition) is 6. The minimum atomic E-state index is -2.34. The van der Waals surface area contributed by atoms with Gasteiger partial charge in [0.05, 0.1) is 5.97 Å². The van der Waals surface area contributed by atoms with E-state index in [1.165, 1.54) is 70.6 Å². The first kappa shape index (κ1) is 32.7. The molecule has 0 aliphatic rings. The van der Waals surface area contributed by atoms with Crippen LogP contribution in [0.1, 0.15) is 124 Å². The Hall–Kier alpha value is -0.430. The molecular formula is C24H43NaO6. The summed E-state index contributed by atoms with van der Waals surface area (Å²) in [6.07, 6.45) is 16.5. The number of carbonyl (C=O) groups is 3. The number of Topliss-reactive ketones (excluding diaryl/α,β-unsaturated/α-hetero) is 1. The summed E-state index contributed by atoms with van der Waals surface area (Å²) in [5.41, 5.74) is -2.34. The van der Waals surface area contributed by atoms with Crippen LogP contribution < -0.4 is 34.7 Å². The number of rotatable bonds is 20. The number of hydrogen-bond donors (Lipinski definition) is 1. The largest absolute Gasteiger partial charge is 1.00 e. The van der Waals surface area contributed by atoms with Gasteiger partial charge < -0.3 is 19.7 Å². The molecule has 2 atom stereocenters. The van der Waals surface area contributed by atoms with E-state index in [-0.39, 0.29) is 36.0 Å².